The Balaban J connectivity index is 0.000000178. The molecule has 0 aliphatic heterocycles. The van der Waals surface area contributed by atoms with Crippen LogP contribution in [0.3, 0.4) is 0 Å². The number of aryl methyl sites for hydroxylation is 1. The zero-order valence-corrected chi connectivity index (χ0v) is 47.4. The van der Waals surface area contributed by atoms with Gasteiger partial charge in [-0.05, 0) is 211 Å². The zero-order valence-electron chi connectivity index (χ0n) is 41.7. The van der Waals surface area contributed by atoms with Crippen LogP contribution in [0.4, 0.5) is 0 Å². The number of phenolic OH excluding ortho intramolecular Hbond substituents is 1. The fraction of sp³-hybridized carbons (Fsp3) is 0.433. The molecule has 8 nitrogen and oxygen atoms in total. The molecule has 0 atom stereocenters. The van der Waals surface area contributed by atoms with Crippen LogP contribution in [0, 0.1) is 42.4 Å². The predicted molar refractivity (Wildman–Crippen MR) is 316 cm³/mol. The molecule has 0 unspecified atom stereocenters. The van der Waals surface area contributed by atoms with Crippen molar-refractivity contribution in [2.24, 2.45) is 35.5 Å². The van der Waals surface area contributed by atoms with Crippen molar-refractivity contribution in [3.8, 4) is 33.8 Å². The summed E-state index contributed by atoms with van der Waals surface area (Å²) in [5, 5.41) is 15.7. The molecule has 0 saturated heterocycles. The van der Waals surface area contributed by atoms with Gasteiger partial charge in [0.25, 0.3) is 0 Å². The highest BCUT2D eigenvalue weighted by Crippen LogP contribution is 2.62. The summed E-state index contributed by atoms with van der Waals surface area (Å²) in [5.41, 5.74) is 9.55. The van der Waals surface area contributed by atoms with E-state index in [1.54, 1.807) is 33.8 Å². The van der Waals surface area contributed by atoms with Gasteiger partial charge in [-0.25, -0.2) is 0 Å². The maximum atomic E-state index is 10.6. The average molecular weight is 1140 g/mol. The van der Waals surface area contributed by atoms with E-state index in [0.29, 0.717) is 29.8 Å². The van der Waals surface area contributed by atoms with E-state index in [9.17, 15) is 5.11 Å². The number of fused-ring (bicyclic) bond motifs is 2. The minimum atomic E-state index is 0. The van der Waals surface area contributed by atoms with E-state index in [0.717, 1.165) is 52.4 Å². The number of carbonyl (C=O) groups excluding carboxylic acids is 4. The third-order valence-corrected chi connectivity index (χ3v) is 25.4. The molecular weight excluding hydrogens is 1070 g/mol. The van der Waals surface area contributed by atoms with Gasteiger partial charge in [0.2, 0.25) is 0 Å². The highest BCUT2D eigenvalue weighted by molar-refractivity contribution is 8.68. The second-order valence-corrected chi connectivity index (χ2v) is 30.0. The average Bonchev–Trinajstić information content (AvgIpc) is 3.40. The Morgan fingerprint density at radius 3 is 1.51 bits per heavy atom. The molecular formula is C60H66O8S7. The number of hydrogen-bond donors (Lipinski definition) is 1. The maximum absolute atomic E-state index is 10.6. The van der Waals surface area contributed by atoms with Gasteiger partial charge in [-0.15, -0.1) is 0 Å². The van der Waals surface area contributed by atoms with Crippen LogP contribution >= 0.6 is 0 Å². The number of methoxy groups -OCH3 is 1. The number of benzene rings is 6. The van der Waals surface area contributed by atoms with E-state index in [1.165, 1.54) is 144 Å². The molecule has 0 radical (unpaired) electrons. The summed E-state index contributed by atoms with van der Waals surface area (Å²) in [4.78, 5) is 32.5. The summed E-state index contributed by atoms with van der Waals surface area (Å²) < 4.78 is 16.9. The lowest BCUT2D eigenvalue weighted by Crippen LogP contribution is -2.48. The lowest BCUT2D eigenvalue weighted by Gasteiger charge is -2.57. The topological polar surface area (TPSA) is 116 Å². The van der Waals surface area contributed by atoms with Crippen LogP contribution in [-0.2, 0) is 106 Å². The van der Waals surface area contributed by atoms with Gasteiger partial charge in [-0.2, -0.15) is 19.2 Å². The molecule has 14 rings (SSSR count). The number of aromatic hydroxyl groups is 1. The lowest BCUT2D eigenvalue weighted by molar-refractivity contribution is -0.193. The number of hydrogen-bond acceptors (Lipinski definition) is 10. The Morgan fingerprint density at radius 2 is 0.987 bits per heavy atom. The minimum absolute atomic E-state index is 0. The Hall–Kier alpha value is -4.34. The summed E-state index contributed by atoms with van der Waals surface area (Å²) >= 11 is 9.14. The maximum Gasteiger partial charge on any atom is 0.373 e. The highest BCUT2D eigenvalue weighted by atomic mass is 33.4. The Morgan fingerprint density at radius 1 is 0.547 bits per heavy atom. The van der Waals surface area contributed by atoms with Gasteiger partial charge in [0.15, 0.2) is 6.79 Å². The van der Waals surface area contributed by atoms with Gasteiger partial charge in [0, 0.05) is 85.0 Å². The van der Waals surface area contributed by atoms with Crippen LogP contribution in [0.15, 0.2) is 115 Å². The molecule has 15 heteroatoms. The first kappa shape index (κ1) is 58.3. The molecule has 8 saturated carbocycles. The van der Waals surface area contributed by atoms with Gasteiger partial charge in [0.1, 0.15) is 11.5 Å². The largest absolute Gasteiger partial charge is 0.507 e. The SMILES string of the molecule is C.COCCOCOc1ccc(C23CC4CC(CC(C4)C2)C3)cc1-c1ccc2cc(C)ccc2c1.O=C=O.O=C=O.Oc1ccc(C23CC4CC(CC(C4)C2)C3)cc1-c1ccc2ccccc2c1.S=S=S=S=S=S=S. The molecule has 75 heavy (non-hydrogen) atoms. The van der Waals surface area contributed by atoms with E-state index in [2.05, 4.69) is 138 Å². The molecule has 8 fully saturated rings. The first-order chi connectivity index (χ1) is 36.0. The van der Waals surface area contributed by atoms with Crippen LogP contribution in [0.1, 0.15) is 101 Å². The third-order valence-electron chi connectivity index (χ3n) is 16.5. The van der Waals surface area contributed by atoms with E-state index >= 15 is 0 Å². The van der Waals surface area contributed by atoms with Crippen molar-refractivity contribution in [2.75, 3.05) is 27.1 Å². The van der Waals surface area contributed by atoms with Crippen LogP contribution < -0.4 is 4.74 Å². The van der Waals surface area contributed by atoms with Crippen LogP contribution in [-0.4, -0.2) is 44.5 Å². The van der Waals surface area contributed by atoms with Crippen molar-refractivity contribution in [2.45, 2.75) is 102 Å². The molecule has 396 valence electrons. The summed E-state index contributed by atoms with van der Waals surface area (Å²) in [5.74, 6) is 6.92. The Kier molecular flexibility index (Phi) is 21.6. The molecule has 8 aliphatic carbocycles. The Labute approximate surface area is 466 Å². The highest BCUT2D eigenvalue weighted by Gasteiger charge is 2.53. The molecule has 0 spiro atoms. The Bertz CT molecular complexity index is 3140. The molecule has 6 aromatic carbocycles. The summed E-state index contributed by atoms with van der Waals surface area (Å²) in [6.45, 7) is 3.50. The first-order valence-electron chi connectivity index (χ1n) is 25.3. The molecule has 8 bridgehead atoms. The van der Waals surface area contributed by atoms with Crippen molar-refractivity contribution in [3.63, 3.8) is 0 Å². The molecule has 0 heterocycles. The fourth-order valence-corrected chi connectivity index (χ4v) is 22.7. The van der Waals surface area contributed by atoms with Gasteiger partial charge < -0.3 is 19.3 Å². The molecule has 0 aromatic heterocycles. The van der Waals surface area contributed by atoms with Crippen molar-refractivity contribution < 1.29 is 38.5 Å². The van der Waals surface area contributed by atoms with Crippen molar-refractivity contribution in [1.29, 1.82) is 0 Å². The monoisotopic (exact) mass is 1140 g/mol. The van der Waals surface area contributed by atoms with Gasteiger partial charge in [0.05, 0.1) is 13.2 Å². The van der Waals surface area contributed by atoms with Crippen molar-refractivity contribution in [1.82, 2.24) is 0 Å². The van der Waals surface area contributed by atoms with E-state index in [-0.39, 0.29) is 26.5 Å². The van der Waals surface area contributed by atoms with Crippen molar-refractivity contribution >= 4 is 101 Å². The summed E-state index contributed by atoms with van der Waals surface area (Å²) in [6, 6.07) is 41.9. The van der Waals surface area contributed by atoms with Gasteiger partial charge >= 0.3 is 12.3 Å². The van der Waals surface area contributed by atoms with Crippen LogP contribution in [0.2, 0.25) is 0 Å². The van der Waals surface area contributed by atoms with E-state index in [1.807, 2.05) is 6.07 Å². The number of phenols is 1. The quantitative estimate of drug-likeness (QED) is 0.105. The normalized spacial score (nSPS) is 24.6. The van der Waals surface area contributed by atoms with E-state index < -0.39 is 0 Å². The summed E-state index contributed by atoms with van der Waals surface area (Å²) in [6.07, 6.45) is 17.5. The zero-order chi connectivity index (χ0) is 52.1. The molecule has 0 amide bonds. The lowest BCUT2D eigenvalue weighted by atomic mass is 9.48. The van der Waals surface area contributed by atoms with Crippen molar-refractivity contribution in [3.05, 3.63) is 132 Å². The van der Waals surface area contributed by atoms with Crippen LogP contribution in [0.5, 0.6) is 11.5 Å². The van der Waals surface area contributed by atoms with E-state index in [4.69, 9.17) is 33.4 Å². The minimum Gasteiger partial charge on any atom is -0.507 e. The smallest absolute Gasteiger partial charge is 0.373 e. The van der Waals surface area contributed by atoms with Gasteiger partial charge in [-0.1, -0.05) is 91.9 Å². The predicted octanol–water partition coefficient (Wildman–Crippen LogP) is 13.4. The second-order valence-electron chi connectivity index (χ2n) is 21.1. The van der Waals surface area contributed by atoms with Crippen LogP contribution in [0.25, 0.3) is 43.8 Å². The first-order valence-corrected chi connectivity index (χ1v) is 33.3. The van der Waals surface area contributed by atoms with Gasteiger partial charge in [-0.3, -0.25) is 0 Å². The molecule has 6 aromatic rings. The standard InChI is InChI=1S/C31H36O3.C26H26O.2CO2.CH4.S7/c1-21-3-4-26-15-27(6-5-25(26)11-21)29-16-28(7-8-30(29)34-20-33-10-9-32-2)31-17-22-12-23(18-31)14-24(13-22)19-31;27-25-8-7-23(26-14-17-9-18(15-26)11-19(10-17)16-26)13-24(25)22-6-5-20-3-1-2-4-21(20)12-22;2*2-1-3;;1-3-5-7-6-4-2/h3-8,11,15-16,22-24H,9-10,12-14,17-20H2,1-2H3;1-8,12-13,17-19,27H,9-11,14-16H2;;;1H4;. The number of ether oxygens (including phenoxy) is 3. The fourth-order valence-electron chi connectivity index (χ4n) is 14.5. The number of rotatable bonds is 10. The molecule has 1 N–H and O–H groups in total. The molecule has 8 aliphatic rings. The second kappa shape index (κ2) is 27.8. The summed E-state index contributed by atoms with van der Waals surface area (Å²) in [7, 11) is 9.05. The third kappa shape index (κ3) is 14.4.